The van der Waals surface area contributed by atoms with Crippen molar-refractivity contribution in [2.24, 2.45) is 0 Å². The molecule has 0 radical (unpaired) electrons. The topological polar surface area (TPSA) is 20.2 Å². The minimum atomic E-state index is 0.462. The van der Waals surface area contributed by atoms with Crippen LogP contribution in [0.15, 0.2) is 42.0 Å². The predicted octanol–water partition coefficient (Wildman–Crippen LogP) is 3.78. The van der Waals surface area contributed by atoms with Gasteiger partial charge in [0, 0.05) is 0 Å². The van der Waals surface area contributed by atoms with Gasteiger partial charge in [-0.3, -0.25) is 0 Å². The number of aromatic hydroxyl groups is 1. The van der Waals surface area contributed by atoms with E-state index in [4.69, 9.17) is 0 Å². The third-order valence-corrected chi connectivity index (χ3v) is 3.58. The van der Waals surface area contributed by atoms with Crippen LogP contribution < -0.4 is 0 Å². The Labute approximate surface area is 102 Å². The number of hydrogen-bond donors (Lipinski definition) is 1. The fraction of sp³-hybridized carbons (Fsp3) is 0.250. The highest BCUT2D eigenvalue weighted by molar-refractivity contribution is 5.61. The maximum absolute atomic E-state index is 9.92. The quantitative estimate of drug-likeness (QED) is 0.711. The fourth-order valence-corrected chi connectivity index (χ4v) is 2.64. The molecule has 86 valence electrons. The van der Waals surface area contributed by atoms with Crippen LogP contribution in [0.1, 0.15) is 29.5 Å². The number of phenols is 1. The monoisotopic (exact) mass is 224 g/mol. The molecule has 1 aromatic carbocycles. The van der Waals surface area contributed by atoms with Gasteiger partial charge in [-0.15, -0.1) is 0 Å². The van der Waals surface area contributed by atoms with Crippen molar-refractivity contribution in [2.75, 3.05) is 0 Å². The molecule has 2 aliphatic carbocycles. The zero-order chi connectivity index (χ0) is 11.7. The molecule has 1 nitrogen and oxygen atoms in total. The van der Waals surface area contributed by atoms with E-state index in [1.54, 1.807) is 0 Å². The summed E-state index contributed by atoms with van der Waals surface area (Å²) >= 11 is 0. The molecule has 0 saturated heterocycles. The first-order chi connectivity index (χ1) is 8.34. The lowest BCUT2D eigenvalue weighted by molar-refractivity contribution is 0.465. The molecule has 0 aliphatic heterocycles. The van der Waals surface area contributed by atoms with Crippen LogP contribution in [0.2, 0.25) is 0 Å². The highest BCUT2D eigenvalue weighted by Gasteiger charge is 2.18. The van der Waals surface area contributed by atoms with E-state index in [9.17, 15) is 5.11 Å². The minimum Gasteiger partial charge on any atom is -0.508 e. The molecule has 0 amide bonds. The molecule has 0 fully saturated rings. The van der Waals surface area contributed by atoms with Gasteiger partial charge in [0.05, 0.1) is 0 Å². The Kier molecular flexibility index (Phi) is 2.60. The first-order valence-corrected chi connectivity index (χ1v) is 6.19. The second kappa shape index (κ2) is 4.25. The molecule has 0 aromatic heterocycles. The maximum atomic E-state index is 9.92. The van der Waals surface area contributed by atoms with Crippen molar-refractivity contribution in [3.8, 4) is 5.75 Å². The second-order valence-corrected chi connectivity index (χ2v) is 4.70. The average Bonchev–Trinajstić information content (AvgIpc) is 2.36. The molecule has 1 N–H and O–H groups in total. The van der Waals surface area contributed by atoms with Crippen molar-refractivity contribution in [3.05, 3.63) is 58.7 Å². The molecule has 0 atom stereocenters. The second-order valence-electron chi connectivity index (χ2n) is 4.70. The van der Waals surface area contributed by atoms with Crippen LogP contribution in [0.4, 0.5) is 0 Å². The van der Waals surface area contributed by atoms with Gasteiger partial charge in [0.1, 0.15) is 5.75 Å². The summed E-state index contributed by atoms with van der Waals surface area (Å²) in [5.41, 5.74) is 5.19. The van der Waals surface area contributed by atoms with Crippen LogP contribution in [0.25, 0.3) is 6.08 Å². The van der Waals surface area contributed by atoms with Gasteiger partial charge in [-0.05, 0) is 48.4 Å². The highest BCUT2D eigenvalue weighted by Crippen LogP contribution is 2.34. The van der Waals surface area contributed by atoms with E-state index in [1.165, 1.54) is 16.7 Å². The Morgan fingerprint density at radius 3 is 2.88 bits per heavy atom. The summed E-state index contributed by atoms with van der Waals surface area (Å²) in [7, 11) is 0. The standard InChI is InChI=1S/C16H16O/c17-16-10-8-13-6-4-2-1-3-5-12-7-9-14(16)15(13)11-12/h1,3-6,8,10,17H,2,7,9,11H2/b3-1-,6-4-,12-5-. The SMILES string of the molecule is Oc1ccc2c3c1CC/C(=C/C=C\C/C=C\2)C3. The molecule has 0 spiro atoms. The van der Waals surface area contributed by atoms with Crippen LogP contribution in [0.3, 0.4) is 0 Å². The number of fused-ring (bicyclic) bond motifs is 1. The number of benzene rings is 1. The zero-order valence-electron chi connectivity index (χ0n) is 9.82. The Hall–Kier alpha value is -1.76. The molecular weight excluding hydrogens is 208 g/mol. The average molecular weight is 224 g/mol. The smallest absolute Gasteiger partial charge is 0.119 e. The molecule has 3 rings (SSSR count). The number of allylic oxidation sites excluding steroid dienone is 5. The van der Waals surface area contributed by atoms with Crippen molar-refractivity contribution in [1.29, 1.82) is 0 Å². The first-order valence-electron chi connectivity index (χ1n) is 6.19. The van der Waals surface area contributed by atoms with E-state index < -0.39 is 0 Å². The van der Waals surface area contributed by atoms with Crippen LogP contribution >= 0.6 is 0 Å². The summed E-state index contributed by atoms with van der Waals surface area (Å²) in [6, 6.07) is 3.85. The summed E-state index contributed by atoms with van der Waals surface area (Å²) < 4.78 is 0. The van der Waals surface area contributed by atoms with Crippen LogP contribution in [-0.2, 0) is 12.8 Å². The summed E-state index contributed by atoms with van der Waals surface area (Å²) in [6.45, 7) is 0. The van der Waals surface area contributed by atoms with Crippen LogP contribution in [0.5, 0.6) is 5.75 Å². The number of rotatable bonds is 0. The van der Waals surface area contributed by atoms with Gasteiger partial charge in [-0.25, -0.2) is 0 Å². The molecule has 0 unspecified atom stereocenters. The van der Waals surface area contributed by atoms with Gasteiger partial charge in [-0.2, -0.15) is 0 Å². The van der Waals surface area contributed by atoms with Gasteiger partial charge in [0.25, 0.3) is 0 Å². The Morgan fingerprint density at radius 1 is 1.00 bits per heavy atom. The Bertz CT molecular complexity index is 533. The molecule has 0 saturated carbocycles. The molecule has 1 aromatic rings. The number of phenolic OH excluding ortho intramolecular Hbond substituents is 1. The van der Waals surface area contributed by atoms with Crippen molar-refractivity contribution in [1.82, 2.24) is 0 Å². The number of hydrogen-bond acceptors (Lipinski definition) is 1. The van der Waals surface area contributed by atoms with Crippen molar-refractivity contribution in [3.63, 3.8) is 0 Å². The van der Waals surface area contributed by atoms with E-state index in [0.29, 0.717) is 5.75 Å². The van der Waals surface area contributed by atoms with E-state index >= 15 is 0 Å². The normalized spacial score (nSPS) is 24.6. The van der Waals surface area contributed by atoms with Crippen molar-refractivity contribution < 1.29 is 5.11 Å². The molecular formula is C16H16O. The lowest BCUT2D eigenvalue weighted by Crippen LogP contribution is -2.08. The largest absolute Gasteiger partial charge is 0.508 e. The van der Waals surface area contributed by atoms with Gasteiger partial charge >= 0.3 is 0 Å². The molecule has 17 heavy (non-hydrogen) atoms. The fourth-order valence-electron chi connectivity index (χ4n) is 2.64. The lowest BCUT2D eigenvalue weighted by Gasteiger charge is -2.22. The van der Waals surface area contributed by atoms with E-state index in [2.05, 4.69) is 30.4 Å². The van der Waals surface area contributed by atoms with Gasteiger partial charge in [0.2, 0.25) is 0 Å². The van der Waals surface area contributed by atoms with Gasteiger partial charge < -0.3 is 5.11 Å². The van der Waals surface area contributed by atoms with E-state index in [0.717, 1.165) is 31.2 Å². The third kappa shape index (κ3) is 1.93. The summed E-state index contributed by atoms with van der Waals surface area (Å²) in [5.74, 6) is 0.462. The summed E-state index contributed by atoms with van der Waals surface area (Å²) in [4.78, 5) is 0. The molecule has 2 aliphatic rings. The van der Waals surface area contributed by atoms with Crippen LogP contribution in [-0.4, -0.2) is 5.11 Å². The van der Waals surface area contributed by atoms with Crippen LogP contribution in [0, 0.1) is 0 Å². The Morgan fingerprint density at radius 2 is 1.94 bits per heavy atom. The van der Waals surface area contributed by atoms with E-state index in [1.807, 2.05) is 12.1 Å². The summed E-state index contributed by atoms with van der Waals surface area (Å²) in [6.07, 6.45) is 14.9. The first kappa shape index (κ1) is 10.4. The third-order valence-electron chi connectivity index (χ3n) is 3.58. The van der Waals surface area contributed by atoms with Crippen molar-refractivity contribution in [2.45, 2.75) is 25.7 Å². The van der Waals surface area contributed by atoms with Crippen molar-refractivity contribution >= 4 is 6.08 Å². The summed E-state index contributed by atoms with van der Waals surface area (Å²) in [5, 5.41) is 9.92. The van der Waals surface area contributed by atoms with Gasteiger partial charge in [-0.1, -0.05) is 42.0 Å². The lowest BCUT2D eigenvalue weighted by atomic mass is 9.84. The van der Waals surface area contributed by atoms with E-state index in [-0.39, 0.29) is 0 Å². The molecule has 2 bridgehead atoms. The zero-order valence-corrected chi connectivity index (χ0v) is 9.82. The highest BCUT2D eigenvalue weighted by atomic mass is 16.3. The Balaban J connectivity index is 2.18. The van der Waals surface area contributed by atoms with Gasteiger partial charge in [0.15, 0.2) is 0 Å². The maximum Gasteiger partial charge on any atom is 0.119 e. The molecule has 0 heterocycles. The predicted molar refractivity (Wildman–Crippen MR) is 71.0 cm³/mol. The molecule has 1 heteroatoms. The minimum absolute atomic E-state index is 0.462.